The lowest BCUT2D eigenvalue weighted by Gasteiger charge is -2.20. The van der Waals surface area contributed by atoms with E-state index in [2.05, 4.69) is 4.74 Å². The smallest absolute Gasteiger partial charge is 0.491 e. The van der Waals surface area contributed by atoms with E-state index in [1.807, 2.05) is 18.2 Å². The van der Waals surface area contributed by atoms with Crippen LogP contribution in [0.25, 0.3) is 11.1 Å². The Kier molecular flexibility index (Phi) is 5.78. The Morgan fingerprint density at radius 2 is 1.71 bits per heavy atom. The van der Waals surface area contributed by atoms with Crippen molar-refractivity contribution in [2.24, 2.45) is 0 Å². The van der Waals surface area contributed by atoms with Gasteiger partial charge >= 0.3 is 6.36 Å². The molecule has 0 spiro atoms. The third-order valence-electron chi connectivity index (χ3n) is 4.86. The lowest BCUT2D eigenvalue weighted by Crippen LogP contribution is -2.32. The van der Waals surface area contributed by atoms with E-state index in [0.29, 0.717) is 47.2 Å². The minimum atomic E-state index is -4.75. The zero-order valence-corrected chi connectivity index (χ0v) is 16.9. The molecule has 0 fully saturated rings. The van der Waals surface area contributed by atoms with Crippen molar-refractivity contribution in [2.45, 2.75) is 12.9 Å². The van der Waals surface area contributed by atoms with Gasteiger partial charge < -0.3 is 14.4 Å². The normalized spacial score (nSPS) is 13.9. The van der Waals surface area contributed by atoms with E-state index in [0.717, 1.165) is 5.56 Å². The highest BCUT2D eigenvalue weighted by Crippen LogP contribution is 2.32. The molecule has 0 atom stereocenters. The van der Waals surface area contributed by atoms with Crippen LogP contribution in [0.2, 0.25) is 5.02 Å². The van der Waals surface area contributed by atoms with Crippen LogP contribution in [0.1, 0.15) is 15.9 Å². The molecule has 0 saturated carbocycles. The molecule has 0 aromatic heterocycles. The number of amides is 1. The molecular weight excluding hydrogens is 431 g/mol. The lowest BCUT2D eigenvalue weighted by molar-refractivity contribution is -0.274. The molecule has 160 valence electrons. The molecule has 0 aliphatic carbocycles. The topological polar surface area (TPSA) is 38.8 Å². The second-order valence-corrected chi connectivity index (χ2v) is 7.36. The third kappa shape index (κ3) is 4.94. The summed E-state index contributed by atoms with van der Waals surface area (Å²) in [7, 11) is 0. The van der Waals surface area contributed by atoms with Gasteiger partial charge in [-0.05, 0) is 47.0 Å². The molecule has 4 nitrogen and oxygen atoms in total. The molecule has 0 unspecified atom stereocenters. The number of carbonyl (C=O) groups excluding carboxylic acids is 1. The summed E-state index contributed by atoms with van der Waals surface area (Å²) in [5.74, 6) is -0.0462. The average molecular weight is 448 g/mol. The fraction of sp³-hybridized carbons (Fsp3) is 0.174. The average Bonchev–Trinajstić information content (AvgIpc) is 2.88. The monoisotopic (exact) mass is 447 g/mol. The van der Waals surface area contributed by atoms with E-state index < -0.39 is 6.36 Å². The van der Waals surface area contributed by atoms with Crippen molar-refractivity contribution in [3.8, 4) is 22.6 Å². The van der Waals surface area contributed by atoms with Crippen molar-refractivity contribution in [3.05, 3.63) is 82.9 Å². The van der Waals surface area contributed by atoms with E-state index in [9.17, 15) is 18.0 Å². The Hall–Kier alpha value is -3.19. The first kappa shape index (κ1) is 21.1. The summed E-state index contributed by atoms with van der Waals surface area (Å²) in [6.07, 6.45) is -4.75. The van der Waals surface area contributed by atoms with E-state index in [1.54, 1.807) is 29.2 Å². The molecule has 1 aliphatic heterocycles. The largest absolute Gasteiger partial charge is 0.573 e. The van der Waals surface area contributed by atoms with Crippen LogP contribution in [-0.4, -0.2) is 30.3 Å². The fourth-order valence-corrected chi connectivity index (χ4v) is 3.57. The molecule has 1 aliphatic rings. The predicted molar refractivity (Wildman–Crippen MR) is 110 cm³/mol. The van der Waals surface area contributed by atoms with Crippen molar-refractivity contribution in [2.75, 3.05) is 13.2 Å². The molecule has 3 aromatic rings. The molecule has 3 aromatic carbocycles. The maximum atomic E-state index is 13.2. The number of alkyl halides is 3. The van der Waals surface area contributed by atoms with Crippen molar-refractivity contribution in [1.29, 1.82) is 0 Å². The number of hydrogen-bond acceptors (Lipinski definition) is 3. The van der Waals surface area contributed by atoms with Crippen LogP contribution in [-0.2, 0) is 6.54 Å². The first-order valence-electron chi connectivity index (χ1n) is 9.46. The number of ether oxygens (including phenoxy) is 2. The molecule has 4 rings (SSSR count). The third-order valence-corrected chi connectivity index (χ3v) is 5.22. The summed E-state index contributed by atoms with van der Waals surface area (Å²) < 4.78 is 46.7. The van der Waals surface area contributed by atoms with Gasteiger partial charge in [0.25, 0.3) is 5.91 Å². The van der Waals surface area contributed by atoms with Crippen molar-refractivity contribution in [3.63, 3.8) is 0 Å². The first-order chi connectivity index (χ1) is 14.8. The van der Waals surface area contributed by atoms with Gasteiger partial charge in [-0.2, -0.15) is 0 Å². The van der Waals surface area contributed by atoms with E-state index in [-0.39, 0.29) is 11.7 Å². The Morgan fingerprint density at radius 3 is 2.42 bits per heavy atom. The van der Waals surface area contributed by atoms with Crippen molar-refractivity contribution in [1.82, 2.24) is 4.90 Å². The Bertz CT molecular complexity index is 1100. The van der Waals surface area contributed by atoms with E-state index >= 15 is 0 Å². The van der Waals surface area contributed by atoms with Crippen molar-refractivity contribution < 1.29 is 27.4 Å². The minimum Gasteiger partial charge on any atom is -0.491 e. The zero-order valence-electron chi connectivity index (χ0n) is 16.2. The SMILES string of the molecule is O=C1c2cc(-c3ccc(OC(F)(F)F)cc3)ccc2OCCN1Cc1ccccc1Cl. The predicted octanol–water partition coefficient (Wildman–Crippen LogP) is 5.94. The van der Waals surface area contributed by atoms with Gasteiger partial charge in [-0.1, -0.05) is 48.0 Å². The molecule has 31 heavy (non-hydrogen) atoms. The van der Waals surface area contributed by atoms with Gasteiger partial charge in [0.2, 0.25) is 0 Å². The molecule has 1 amide bonds. The standard InChI is InChI=1S/C23H17ClF3NO3/c24-20-4-2-1-3-17(20)14-28-11-12-30-21-10-7-16(13-19(21)22(28)29)15-5-8-18(9-6-15)31-23(25,26)27/h1-10,13H,11-12,14H2. The summed E-state index contributed by atoms with van der Waals surface area (Å²) in [5.41, 5.74) is 2.54. The molecule has 8 heteroatoms. The number of nitrogens with zero attached hydrogens (tertiary/aromatic N) is 1. The van der Waals surface area contributed by atoms with Gasteiger partial charge in [0, 0.05) is 11.6 Å². The second-order valence-electron chi connectivity index (χ2n) is 6.95. The van der Waals surface area contributed by atoms with Gasteiger partial charge in [0.05, 0.1) is 12.1 Å². The first-order valence-corrected chi connectivity index (χ1v) is 9.84. The highest BCUT2D eigenvalue weighted by molar-refractivity contribution is 6.31. The van der Waals surface area contributed by atoms with Crippen LogP contribution in [0.3, 0.4) is 0 Å². The van der Waals surface area contributed by atoms with E-state index in [4.69, 9.17) is 16.3 Å². The summed E-state index contributed by atoms with van der Waals surface area (Å²) in [5, 5.41) is 0.579. The van der Waals surface area contributed by atoms with Crippen LogP contribution < -0.4 is 9.47 Å². The number of carbonyl (C=O) groups is 1. The molecule has 0 radical (unpaired) electrons. The Morgan fingerprint density at radius 1 is 1.00 bits per heavy atom. The number of halogens is 4. The summed E-state index contributed by atoms with van der Waals surface area (Å²) in [4.78, 5) is 14.9. The number of rotatable bonds is 4. The van der Waals surface area contributed by atoms with E-state index in [1.165, 1.54) is 24.3 Å². The van der Waals surface area contributed by atoms with Crippen LogP contribution in [0.15, 0.2) is 66.7 Å². The Labute approximate surface area is 181 Å². The van der Waals surface area contributed by atoms with Gasteiger partial charge in [0.15, 0.2) is 0 Å². The molecule has 0 saturated heterocycles. The highest BCUT2D eigenvalue weighted by Gasteiger charge is 2.31. The van der Waals surface area contributed by atoms with Gasteiger partial charge in [-0.25, -0.2) is 0 Å². The minimum absolute atomic E-state index is 0.203. The highest BCUT2D eigenvalue weighted by atomic mass is 35.5. The van der Waals surface area contributed by atoms with Crippen LogP contribution in [0, 0.1) is 0 Å². The molecular formula is C23H17ClF3NO3. The summed E-state index contributed by atoms with van der Waals surface area (Å²) >= 11 is 6.24. The maximum absolute atomic E-state index is 13.2. The zero-order chi connectivity index (χ0) is 22.0. The number of benzene rings is 3. The van der Waals surface area contributed by atoms with Crippen LogP contribution in [0.4, 0.5) is 13.2 Å². The second kappa shape index (κ2) is 8.51. The summed E-state index contributed by atoms with van der Waals surface area (Å²) in [6.45, 7) is 1.08. The summed E-state index contributed by atoms with van der Waals surface area (Å²) in [6, 6.07) is 17.9. The lowest BCUT2D eigenvalue weighted by atomic mass is 10.0. The Balaban J connectivity index is 1.60. The van der Waals surface area contributed by atoms with Gasteiger partial charge in [-0.15, -0.1) is 13.2 Å². The molecule has 0 bridgehead atoms. The van der Waals surface area contributed by atoms with Crippen LogP contribution in [0.5, 0.6) is 11.5 Å². The fourth-order valence-electron chi connectivity index (χ4n) is 3.37. The number of hydrogen-bond donors (Lipinski definition) is 0. The number of fused-ring (bicyclic) bond motifs is 1. The van der Waals surface area contributed by atoms with Gasteiger partial charge in [-0.3, -0.25) is 4.79 Å². The molecule has 1 heterocycles. The molecule has 0 N–H and O–H groups in total. The van der Waals surface area contributed by atoms with Crippen molar-refractivity contribution >= 4 is 17.5 Å². The quantitative estimate of drug-likeness (QED) is 0.497. The van der Waals surface area contributed by atoms with Gasteiger partial charge in [0.1, 0.15) is 18.1 Å². The maximum Gasteiger partial charge on any atom is 0.573 e. The van der Waals surface area contributed by atoms with Crippen LogP contribution >= 0.6 is 11.6 Å².